The molecule has 0 bridgehead atoms. The molecule has 1 unspecified atom stereocenters. The van der Waals surface area contributed by atoms with E-state index < -0.39 is 5.91 Å². The van der Waals surface area contributed by atoms with Crippen LogP contribution in [0.4, 0.5) is 4.39 Å². The number of carbonyl (C=O) groups excluding carboxylic acids is 1. The predicted octanol–water partition coefficient (Wildman–Crippen LogP) is 5.19. The number of hydrogen-bond donors (Lipinski definition) is 1. The van der Waals surface area contributed by atoms with Crippen LogP contribution in [0.15, 0.2) is 48.5 Å². The van der Waals surface area contributed by atoms with Crippen LogP contribution in [0.25, 0.3) is 11.1 Å². The summed E-state index contributed by atoms with van der Waals surface area (Å²) in [5.41, 5.74) is 12.4. The van der Waals surface area contributed by atoms with Gasteiger partial charge in [0, 0.05) is 17.0 Å². The van der Waals surface area contributed by atoms with Gasteiger partial charge >= 0.3 is 0 Å². The molecule has 1 heterocycles. The van der Waals surface area contributed by atoms with Crippen LogP contribution in [-0.2, 0) is 12.8 Å². The van der Waals surface area contributed by atoms with Gasteiger partial charge in [-0.3, -0.25) is 4.79 Å². The van der Waals surface area contributed by atoms with Crippen LogP contribution in [0.2, 0.25) is 0 Å². The highest BCUT2D eigenvalue weighted by atomic mass is 19.1. The Hall–Kier alpha value is -2.88. The van der Waals surface area contributed by atoms with Gasteiger partial charge < -0.3 is 10.3 Å². The summed E-state index contributed by atoms with van der Waals surface area (Å²) in [6.45, 7) is 4.08. The van der Waals surface area contributed by atoms with Crippen molar-refractivity contribution in [1.29, 1.82) is 0 Å². The highest BCUT2D eigenvalue weighted by molar-refractivity contribution is 6.02. The molecular formula is C24H25FN2O. The van der Waals surface area contributed by atoms with Crippen molar-refractivity contribution in [3.63, 3.8) is 0 Å². The van der Waals surface area contributed by atoms with Gasteiger partial charge in [-0.1, -0.05) is 49.7 Å². The fourth-order valence-electron chi connectivity index (χ4n) is 4.73. The number of nitrogens with two attached hydrogens (primary N) is 1. The minimum Gasteiger partial charge on any atom is -0.366 e. The van der Waals surface area contributed by atoms with Gasteiger partial charge in [0.2, 0.25) is 0 Å². The van der Waals surface area contributed by atoms with Crippen LogP contribution in [0.3, 0.4) is 0 Å². The average molecular weight is 376 g/mol. The van der Waals surface area contributed by atoms with Crippen molar-refractivity contribution in [2.24, 2.45) is 5.73 Å². The number of primary amides is 1. The monoisotopic (exact) mass is 376 g/mol. The van der Waals surface area contributed by atoms with Crippen molar-refractivity contribution < 1.29 is 9.18 Å². The second-order valence-corrected chi connectivity index (χ2v) is 7.53. The molecule has 1 aliphatic carbocycles. The van der Waals surface area contributed by atoms with E-state index >= 15 is 0 Å². The Bertz CT molecular complexity index is 1050. The summed E-state index contributed by atoms with van der Waals surface area (Å²) < 4.78 is 16.3. The minimum atomic E-state index is -0.459. The number of aromatic nitrogens is 1. The number of amides is 1. The lowest BCUT2D eigenvalue weighted by Crippen LogP contribution is -2.15. The smallest absolute Gasteiger partial charge is 0.251 e. The van der Waals surface area contributed by atoms with Gasteiger partial charge in [-0.25, -0.2) is 4.39 Å². The number of benzene rings is 2. The van der Waals surface area contributed by atoms with E-state index in [4.69, 9.17) is 5.73 Å². The Morgan fingerprint density at radius 3 is 2.71 bits per heavy atom. The number of nitrogens with zero attached hydrogens (tertiary/aromatic N) is 1. The molecule has 1 amide bonds. The molecule has 0 fully saturated rings. The van der Waals surface area contributed by atoms with E-state index in [9.17, 15) is 9.18 Å². The first-order valence-electron chi connectivity index (χ1n) is 9.90. The van der Waals surface area contributed by atoms with Crippen molar-refractivity contribution in [1.82, 2.24) is 4.57 Å². The van der Waals surface area contributed by atoms with Gasteiger partial charge in [0.15, 0.2) is 0 Å². The second-order valence-electron chi connectivity index (χ2n) is 7.53. The van der Waals surface area contributed by atoms with E-state index in [1.54, 1.807) is 6.07 Å². The molecule has 28 heavy (non-hydrogen) atoms. The molecule has 1 aliphatic rings. The molecule has 0 saturated carbocycles. The molecule has 0 radical (unpaired) electrons. The molecule has 2 aromatic carbocycles. The minimum absolute atomic E-state index is 0.179. The zero-order chi connectivity index (χ0) is 19.8. The summed E-state index contributed by atoms with van der Waals surface area (Å²) >= 11 is 0. The fourth-order valence-corrected chi connectivity index (χ4v) is 4.73. The number of rotatable bonds is 5. The molecule has 3 nitrogen and oxygen atoms in total. The van der Waals surface area contributed by atoms with Crippen molar-refractivity contribution in [3.05, 3.63) is 82.4 Å². The van der Waals surface area contributed by atoms with Crippen molar-refractivity contribution in [2.75, 3.05) is 0 Å². The average Bonchev–Trinajstić information content (AvgIpc) is 3.21. The summed E-state index contributed by atoms with van der Waals surface area (Å²) in [4.78, 5) is 12.4. The van der Waals surface area contributed by atoms with E-state index in [1.165, 1.54) is 23.3 Å². The zero-order valence-corrected chi connectivity index (χ0v) is 16.3. The summed E-state index contributed by atoms with van der Waals surface area (Å²) in [6.07, 6.45) is 3.74. The number of fused-ring (bicyclic) bond motifs is 1. The number of carbonyl (C=O) groups is 1. The molecule has 144 valence electrons. The van der Waals surface area contributed by atoms with Crippen LogP contribution < -0.4 is 5.73 Å². The Kier molecular flexibility index (Phi) is 4.80. The maximum Gasteiger partial charge on any atom is 0.251 e. The standard InChI is InChI=1S/C24H25FN2O/c1-3-7-21-23(17-9-6-10-18(25)14-17)22(24(26)28)15(2)27(21)20-13-12-16-8-4-5-11-19(16)20/h4-6,8-11,14,20H,3,7,12-13H2,1-2H3,(H2,26,28). The van der Waals surface area contributed by atoms with E-state index in [-0.39, 0.29) is 11.9 Å². The highest BCUT2D eigenvalue weighted by Crippen LogP contribution is 2.42. The summed E-state index contributed by atoms with van der Waals surface area (Å²) in [6, 6.07) is 15.1. The van der Waals surface area contributed by atoms with Crippen LogP contribution in [0, 0.1) is 12.7 Å². The Labute approximate surface area is 165 Å². The maximum absolute atomic E-state index is 14.0. The largest absolute Gasteiger partial charge is 0.366 e. The Morgan fingerprint density at radius 2 is 2.00 bits per heavy atom. The van der Waals surface area contributed by atoms with Gasteiger partial charge in [-0.05, 0) is 55.0 Å². The van der Waals surface area contributed by atoms with Gasteiger partial charge in [0.1, 0.15) is 5.82 Å². The van der Waals surface area contributed by atoms with E-state index in [0.29, 0.717) is 11.1 Å². The van der Waals surface area contributed by atoms with E-state index in [0.717, 1.165) is 42.6 Å². The molecular weight excluding hydrogens is 351 g/mol. The lowest BCUT2D eigenvalue weighted by Gasteiger charge is -2.21. The summed E-state index contributed by atoms with van der Waals surface area (Å²) in [5.74, 6) is -0.772. The topological polar surface area (TPSA) is 48.0 Å². The summed E-state index contributed by atoms with van der Waals surface area (Å²) in [7, 11) is 0. The van der Waals surface area contributed by atoms with Crippen LogP contribution in [0.5, 0.6) is 0 Å². The van der Waals surface area contributed by atoms with E-state index in [1.807, 2.05) is 13.0 Å². The molecule has 0 aliphatic heterocycles. The SMILES string of the molecule is CCCc1c(-c2cccc(F)c2)c(C(N)=O)c(C)n1C1CCc2ccccc21. The van der Waals surface area contributed by atoms with Crippen molar-refractivity contribution >= 4 is 5.91 Å². The van der Waals surface area contributed by atoms with E-state index in [2.05, 4.69) is 35.8 Å². The normalized spacial score (nSPS) is 15.6. The first-order valence-corrected chi connectivity index (χ1v) is 9.90. The molecule has 0 saturated heterocycles. The number of hydrogen-bond acceptors (Lipinski definition) is 1. The third-order valence-corrected chi connectivity index (χ3v) is 5.81. The lowest BCUT2D eigenvalue weighted by molar-refractivity contribution is 0.1000. The molecule has 4 rings (SSSR count). The molecule has 1 aromatic heterocycles. The van der Waals surface area contributed by atoms with Gasteiger partial charge in [0.05, 0.1) is 11.6 Å². The summed E-state index contributed by atoms with van der Waals surface area (Å²) in [5, 5.41) is 0. The van der Waals surface area contributed by atoms with Crippen LogP contribution in [0.1, 0.15) is 58.7 Å². The van der Waals surface area contributed by atoms with Crippen LogP contribution in [-0.4, -0.2) is 10.5 Å². The second kappa shape index (κ2) is 7.27. The van der Waals surface area contributed by atoms with Gasteiger partial charge in [0.25, 0.3) is 5.91 Å². The Morgan fingerprint density at radius 1 is 1.21 bits per heavy atom. The zero-order valence-electron chi connectivity index (χ0n) is 16.3. The molecule has 3 aromatic rings. The van der Waals surface area contributed by atoms with Crippen molar-refractivity contribution in [3.8, 4) is 11.1 Å². The fraction of sp³-hybridized carbons (Fsp3) is 0.292. The molecule has 2 N–H and O–H groups in total. The molecule has 0 spiro atoms. The molecule has 4 heteroatoms. The quantitative estimate of drug-likeness (QED) is 0.654. The number of aryl methyl sites for hydroxylation is 1. The predicted molar refractivity (Wildman–Crippen MR) is 110 cm³/mol. The maximum atomic E-state index is 14.0. The highest BCUT2D eigenvalue weighted by Gasteiger charge is 2.31. The van der Waals surface area contributed by atoms with Gasteiger partial charge in [-0.15, -0.1) is 0 Å². The molecule has 1 atom stereocenters. The third kappa shape index (κ3) is 2.93. The Balaban J connectivity index is 2.00. The van der Waals surface area contributed by atoms with Crippen LogP contribution >= 0.6 is 0 Å². The first kappa shape index (κ1) is 18.5. The van der Waals surface area contributed by atoms with Crippen molar-refractivity contribution in [2.45, 2.75) is 45.6 Å². The lowest BCUT2D eigenvalue weighted by atomic mass is 9.98. The first-order chi connectivity index (χ1) is 13.5. The number of halogens is 1. The third-order valence-electron chi connectivity index (χ3n) is 5.81. The van der Waals surface area contributed by atoms with Gasteiger partial charge in [-0.2, -0.15) is 0 Å².